The number of aliphatic carboxylic acids is 1. The molecule has 1 N–H and O–H groups in total. The van der Waals surface area contributed by atoms with E-state index >= 15 is 0 Å². The van der Waals surface area contributed by atoms with Gasteiger partial charge in [0.15, 0.2) is 5.78 Å². The molecule has 60 heavy (non-hydrogen) atoms. The maximum atomic E-state index is 14.6. The Balaban J connectivity index is 1.21. The lowest BCUT2D eigenvalue weighted by atomic mass is 9.33. The van der Waals surface area contributed by atoms with Gasteiger partial charge < -0.3 is 19.5 Å². The van der Waals surface area contributed by atoms with Gasteiger partial charge in [0, 0.05) is 55.4 Å². The van der Waals surface area contributed by atoms with Crippen LogP contribution in [0.1, 0.15) is 139 Å². The zero-order valence-corrected chi connectivity index (χ0v) is 39.2. The number of hydrogen-bond acceptors (Lipinski definition) is 8. The first-order chi connectivity index (χ1) is 27.9. The Morgan fingerprint density at radius 1 is 0.917 bits per heavy atom. The molecular weight excluding hydrogens is 776 g/mol. The minimum atomic E-state index is -1.17. The van der Waals surface area contributed by atoms with Gasteiger partial charge in [0.05, 0.1) is 11.8 Å². The van der Waals surface area contributed by atoms with Crippen molar-refractivity contribution in [2.45, 2.75) is 152 Å². The Bertz CT molecular complexity index is 1940. The van der Waals surface area contributed by atoms with Crippen molar-refractivity contribution in [2.75, 3.05) is 33.7 Å². The van der Waals surface area contributed by atoms with E-state index in [4.69, 9.17) is 21.1 Å². The van der Waals surface area contributed by atoms with E-state index in [0.717, 1.165) is 87.0 Å². The number of esters is 2. The van der Waals surface area contributed by atoms with Crippen molar-refractivity contribution in [3.63, 3.8) is 0 Å². The van der Waals surface area contributed by atoms with E-state index in [0.29, 0.717) is 25.4 Å². The van der Waals surface area contributed by atoms with Gasteiger partial charge in [0.2, 0.25) is 0 Å². The quantitative estimate of drug-likeness (QED) is 0.183. The molecule has 5 fully saturated rings. The van der Waals surface area contributed by atoms with Gasteiger partial charge in [-0.2, -0.15) is 0 Å². The third-order valence-electron chi connectivity index (χ3n) is 18.4. The number of carboxylic acid groups (broad SMARTS) is 1. The van der Waals surface area contributed by atoms with Gasteiger partial charge in [-0.1, -0.05) is 71.3 Å². The van der Waals surface area contributed by atoms with E-state index in [9.17, 15) is 24.3 Å². The molecule has 5 saturated carbocycles. The Morgan fingerprint density at radius 2 is 1.60 bits per heavy atom. The number of rotatable bonds is 14. The summed E-state index contributed by atoms with van der Waals surface area (Å²) in [4.78, 5) is 57.4. The average Bonchev–Trinajstić information content (AvgIpc) is 3.68. The van der Waals surface area contributed by atoms with Crippen LogP contribution in [-0.4, -0.2) is 84.5 Å². The first-order valence-corrected chi connectivity index (χ1v) is 23.3. The molecule has 0 aromatic heterocycles. The Morgan fingerprint density at radius 3 is 2.23 bits per heavy atom. The van der Waals surface area contributed by atoms with Crippen molar-refractivity contribution >= 4 is 35.3 Å². The Hall–Kier alpha value is -2.75. The van der Waals surface area contributed by atoms with Crippen LogP contribution in [0.5, 0.6) is 0 Å². The summed E-state index contributed by atoms with van der Waals surface area (Å²) in [5.74, 6) is -0.746. The summed E-state index contributed by atoms with van der Waals surface area (Å²) in [6.07, 6.45) is 8.37. The molecule has 0 amide bonds. The van der Waals surface area contributed by atoms with Gasteiger partial charge in [-0.05, 0) is 148 Å². The van der Waals surface area contributed by atoms with Crippen LogP contribution in [-0.2, 0) is 35.2 Å². The highest BCUT2D eigenvalue weighted by Gasteiger charge is 2.82. The van der Waals surface area contributed by atoms with Gasteiger partial charge in [-0.15, -0.1) is 0 Å². The predicted octanol–water partition coefficient (Wildman–Crippen LogP) is 9.78. The first-order valence-electron chi connectivity index (χ1n) is 22.9. The fourth-order valence-electron chi connectivity index (χ4n) is 14.9. The van der Waals surface area contributed by atoms with Gasteiger partial charge in [0.1, 0.15) is 12.2 Å². The number of carbonyl (C=O) groups is 4. The summed E-state index contributed by atoms with van der Waals surface area (Å²) in [6.45, 7) is 21.8. The fourth-order valence-corrected chi connectivity index (χ4v) is 15.1. The summed E-state index contributed by atoms with van der Waals surface area (Å²) in [5.41, 5.74) is 1.53. The minimum Gasteiger partial charge on any atom is -0.481 e. The molecule has 1 spiro atoms. The molecule has 10 heteroatoms. The average molecular weight is 850 g/mol. The predicted molar refractivity (Wildman–Crippen MR) is 234 cm³/mol. The van der Waals surface area contributed by atoms with Crippen LogP contribution in [0.2, 0.25) is 5.02 Å². The largest absolute Gasteiger partial charge is 0.481 e. The van der Waals surface area contributed by atoms with Crippen LogP contribution < -0.4 is 0 Å². The second-order valence-electron chi connectivity index (χ2n) is 22.5. The molecule has 10 atom stereocenters. The van der Waals surface area contributed by atoms with E-state index in [1.165, 1.54) is 12.5 Å². The van der Waals surface area contributed by atoms with E-state index in [2.05, 4.69) is 71.5 Å². The van der Waals surface area contributed by atoms with E-state index in [-0.39, 0.29) is 63.2 Å². The van der Waals surface area contributed by atoms with Crippen molar-refractivity contribution in [2.24, 2.45) is 55.7 Å². The van der Waals surface area contributed by atoms with Crippen LogP contribution in [0.4, 0.5) is 0 Å². The van der Waals surface area contributed by atoms with Crippen molar-refractivity contribution in [1.29, 1.82) is 0 Å². The Kier molecular flexibility index (Phi) is 11.7. The number of hydrogen-bond donors (Lipinski definition) is 1. The van der Waals surface area contributed by atoms with Gasteiger partial charge in [0.25, 0.3) is 0 Å². The van der Waals surface area contributed by atoms with Gasteiger partial charge >= 0.3 is 17.9 Å². The van der Waals surface area contributed by atoms with Crippen molar-refractivity contribution < 1.29 is 33.8 Å². The van der Waals surface area contributed by atoms with Crippen LogP contribution in [0, 0.1) is 55.7 Å². The maximum absolute atomic E-state index is 14.6. The summed E-state index contributed by atoms with van der Waals surface area (Å²) in [7, 11) is 4.15. The fraction of sp³-hybridized carbons (Fsp3) is 0.760. The summed E-state index contributed by atoms with van der Waals surface area (Å²) >= 11 is 6.74. The smallest absolute Gasteiger partial charge is 0.309 e. The number of ether oxygens (including phenoxy) is 2. The molecule has 1 aromatic rings. The van der Waals surface area contributed by atoms with Crippen LogP contribution in [0.3, 0.4) is 0 Å². The molecule has 9 nitrogen and oxygen atoms in total. The zero-order chi connectivity index (χ0) is 44.0. The highest BCUT2D eigenvalue weighted by atomic mass is 35.5. The number of halogens is 1. The number of allylic oxidation sites excluding steroid dienone is 1. The van der Waals surface area contributed by atoms with E-state index in [1.54, 1.807) is 13.8 Å². The van der Waals surface area contributed by atoms with Gasteiger partial charge in [-0.3, -0.25) is 24.1 Å². The first kappa shape index (κ1) is 45.3. The molecule has 1 unspecified atom stereocenters. The topological polar surface area (TPSA) is 113 Å². The number of nitrogens with zero attached hydrogens (tertiary/aromatic N) is 2. The molecule has 0 bridgehead atoms. The SMILES string of the molecule is CC(=O)O[C@H](CN(CCN(C)C)Cc1ccccc1Cl)[C@@]12CC[C@]3(C)[C@H](CC[C@@H]4[C@@]5(C)CC[C@H](OC(=O)CC(C)(C)C(=O)O)C6(C)C[C@]65CC[C@]43C)C1=C(C(C)C)C(=O)C2. The molecular formula is C50H73ClN2O7. The number of likely N-dealkylation sites (N-methyl/N-ethyl adjacent to an activating group) is 1. The van der Waals surface area contributed by atoms with Crippen molar-refractivity contribution in [3.05, 3.63) is 46.0 Å². The van der Waals surface area contributed by atoms with Gasteiger partial charge in [-0.25, -0.2) is 0 Å². The number of carbonyl (C=O) groups excluding carboxylic acids is 3. The lowest BCUT2D eigenvalue weighted by molar-refractivity contribution is -0.221. The molecule has 6 aliphatic carbocycles. The Labute approximate surface area is 364 Å². The van der Waals surface area contributed by atoms with Crippen LogP contribution >= 0.6 is 11.6 Å². The normalized spacial score (nSPS) is 37.5. The highest BCUT2D eigenvalue weighted by Crippen LogP contribution is 2.87. The molecule has 6 aliphatic rings. The number of Topliss-reactive ketones (excluding diaryl/α,β-unsaturated/α-hetero) is 1. The van der Waals surface area contributed by atoms with E-state index in [1.807, 2.05) is 18.2 Å². The van der Waals surface area contributed by atoms with Crippen LogP contribution in [0.15, 0.2) is 35.4 Å². The second-order valence-corrected chi connectivity index (χ2v) is 22.9. The lowest BCUT2D eigenvalue weighted by Gasteiger charge is -2.71. The third kappa shape index (κ3) is 6.92. The molecule has 1 aromatic carbocycles. The number of benzene rings is 1. The molecule has 7 rings (SSSR count). The number of carboxylic acids is 1. The standard InChI is InChI=1S/C50H73ClN2O7/c1-31(2)41-36(55)26-49(39(59-32(3)54)29-53(25-24-52(10)11)28-33-14-12-13-15-35(33)51)22-20-45(6)34(42(41)49)16-17-37-46(45,7)21-23-50-30-48(50,9)38(18-19-47(37,50)8)60-40(56)27-44(4,5)43(57)58/h12-15,31,34,37-39H,16-30H2,1-11H3,(H,57,58)/t34-,37+,38+,39-,45-,46-,47-,48?,49+,50+/m1/s1. The molecule has 0 saturated heterocycles. The summed E-state index contributed by atoms with van der Waals surface area (Å²) in [5, 5.41) is 10.4. The number of ketones is 1. The highest BCUT2D eigenvalue weighted by molar-refractivity contribution is 6.31. The molecule has 0 heterocycles. The maximum Gasteiger partial charge on any atom is 0.309 e. The van der Waals surface area contributed by atoms with E-state index < -0.39 is 28.9 Å². The summed E-state index contributed by atoms with van der Waals surface area (Å²) in [6, 6.07) is 7.96. The minimum absolute atomic E-state index is 0.0140. The number of fused-ring (bicyclic) bond motifs is 6. The molecule has 0 aliphatic heterocycles. The lowest BCUT2D eigenvalue weighted by Crippen LogP contribution is -2.65. The van der Waals surface area contributed by atoms with Crippen molar-refractivity contribution in [3.8, 4) is 0 Å². The zero-order valence-electron chi connectivity index (χ0n) is 38.5. The molecule has 332 valence electrons. The molecule has 0 radical (unpaired) electrons. The van der Waals surface area contributed by atoms with Crippen molar-refractivity contribution in [1.82, 2.24) is 9.80 Å². The third-order valence-corrected chi connectivity index (χ3v) is 18.8. The van der Waals surface area contributed by atoms with Crippen LogP contribution in [0.25, 0.3) is 0 Å². The second kappa shape index (κ2) is 15.5. The monoisotopic (exact) mass is 849 g/mol. The summed E-state index contributed by atoms with van der Waals surface area (Å²) < 4.78 is 12.8.